The summed E-state index contributed by atoms with van der Waals surface area (Å²) in [7, 11) is 0. The van der Waals surface area contributed by atoms with Crippen LogP contribution in [0.4, 0.5) is 0 Å². The van der Waals surface area contributed by atoms with Gasteiger partial charge in [0, 0.05) is 17.1 Å². The summed E-state index contributed by atoms with van der Waals surface area (Å²) in [6.07, 6.45) is 0. The summed E-state index contributed by atoms with van der Waals surface area (Å²) in [6.45, 7) is -0.250. The molecular formula is CH6MnO4. The van der Waals surface area contributed by atoms with Crippen molar-refractivity contribution in [1.82, 2.24) is 0 Å². The summed E-state index contributed by atoms with van der Waals surface area (Å²) in [5, 5.41) is 6.89. The molecule has 0 aliphatic carbocycles. The first-order valence-electron chi connectivity index (χ1n) is 0.494. The molecule has 6 heavy (non-hydrogen) atoms. The molecule has 0 saturated heterocycles. The summed E-state index contributed by atoms with van der Waals surface area (Å²) in [5.74, 6) is 0. The van der Waals surface area contributed by atoms with Crippen molar-refractivity contribution < 1.29 is 37.9 Å². The average Bonchev–Trinajstić information content (AvgIpc) is 0.918. The topological polar surface area (TPSA) is 100 Å². The maximum atomic E-state index is 8.36. The summed E-state index contributed by atoms with van der Waals surface area (Å²) < 4.78 is 0. The standard InChI is InChI=1S/CH2O2.Mn.2H2O/c2-1-3;;;/h1H,(H,2,3);;2*1H2. The third kappa shape index (κ3) is 4040. The molecule has 5 N–H and O–H groups in total. The molecule has 4 nitrogen and oxygen atoms in total. The van der Waals surface area contributed by atoms with Crippen LogP contribution in [0.2, 0.25) is 0 Å². The molecule has 0 amide bonds. The van der Waals surface area contributed by atoms with Crippen LogP contribution >= 0.6 is 0 Å². The van der Waals surface area contributed by atoms with Gasteiger partial charge in [-0.25, -0.2) is 0 Å². The quantitative estimate of drug-likeness (QED) is 0.309. The van der Waals surface area contributed by atoms with Gasteiger partial charge in [-0.15, -0.1) is 0 Å². The zero-order valence-electron chi connectivity index (χ0n) is 2.81. The van der Waals surface area contributed by atoms with Crippen molar-refractivity contribution in [2.45, 2.75) is 0 Å². The van der Waals surface area contributed by atoms with Crippen molar-refractivity contribution in [1.29, 1.82) is 0 Å². The van der Waals surface area contributed by atoms with Crippen molar-refractivity contribution in [3.05, 3.63) is 0 Å². The predicted molar refractivity (Wildman–Crippen MR) is 15.9 cm³/mol. The molecule has 0 spiro atoms. The van der Waals surface area contributed by atoms with Crippen LogP contribution in [0.15, 0.2) is 0 Å². The van der Waals surface area contributed by atoms with Gasteiger partial charge < -0.3 is 16.1 Å². The molecular weight excluding hydrogens is 131 g/mol. The number of hydrogen-bond donors (Lipinski definition) is 1. The molecule has 0 aliphatic rings. The molecule has 0 fully saturated rings. The Bertz CT molecular complexity index is 15.0. The van der Waals surface area contributed by atoms with E-state index >= 15 is 0 Å². The number of rotatable bonds is 0. The van der Waals surface area contributed by atoms with Gasteiger partial charge >= 0.3 is 0 Å². The van der Waals surface area contributed by atoms with Gasteiger partial charge in [0.15, 0.2) is 0 Å². The maximum absolute atomic E-state index is 8.36. The molecule has 0 aromatic carbocycles. The fourth-order valence-electron chi connectivity index (χ4n) is 0. The molecule has 41 valence electrons. The minimum absolute atomic E-state index is 0. The Morgan fingerprint density at radius 1 is 1.33 bits per heavy atom. The molecule has 1 radical (unpaired) electrons. The van der Waals surface area contributed by atoms with E-state index in [0.29, 0.717) is 0 Å². The van der Waals surface area contributed by atoms with E-state index in [1.54, 1.807) is 0 Å². The van der Waals surface area contributed by atoms with Crippen LogP contribution < -0.4 is 0 Å². The van der Waals surface area contributed by atoms with Crippen LogP contribution in [0.3, 0.4) is 0 Å². The zero-order chi connectivity index (χ0) is 2.71. The minimum Gasteiger partial charge on any atom is -0.483 e. The Kier molecular flexibility index (Phi) is 591. The first-order valence-corrected chi connectivity index (χ1v) is 0.494. The van der Waals surface area contributed by atoms with Crippen molar-refractivity contribution in [2.24, 2.45) is 0 Å². The van der Waals surface area contributed by atoms with Gasteiger partial charge in [-0.05, 0) is 0 Å². The van der Waals surface area contributed by atoms with E-state index in [0.717, 1.165) is 0 Å². The van der Waals surface area contributed by atoms with Gasteiger partial charge in [-0.2, -0.15) is 0 Å². The summed E-state index contributed by atoms with van der Waals surface area (Å²) in [6, 6.07) is 0. The van der Waals surface area contributed by atoms with E-state index in [-0.39, 0.29) is 34.5 Å². The van der Waals surface area contributed by atoms with Crippen molar-refractivity contribution in [2.75, 3.05) is 0 Å². The molecule has 0 rings (SSSR count). The Morgan fingerprint density at radius 2 is 1.33 bits per heavy atom. The molecule has 5 heteroatoms. The van der Waals surface area contributed by atoms with Crippen LogP contribution in [0.25, 0.3) is 0 Å². The van der Waals surface area contributed by atoms with Crippen LogP contribution in [0.5, 0.6) is 0 Å². The first-order chi connectivity index (χ1) is 1.41. The Balaban J connectivity index is -0.00000000667. The third-order valence-corrected chi connectivity index (χ3v) is 0. The largest absolute Gasteiger partial charge is 0.483 e. The third-order valence-electron chi connectivity index (χ3n) is 0. The van der Waals surface area contributed by atoms with Gasteiger partial charge in [-0.3, -0.25) is 4.79 Å². The average molecular weight is 137 g/mol. The second-order valence-corrected chi connectivity index (χ2v) is 0.105. The molecule has 0 aromatic heterocycles. The van der Waals surface area contributed by atoms with E-state index in [1.807, 2.05) is 0 Å². The molecule has 0 aromatic rings. The van der Waals surface area contributed by atoms with Gasteiger partial charge in [0.2, 0.25) is 0 Å². The molecule has 0 unspecified atom stereocenters. The van der Waals surface area contributed by atoms with Crippen LogP contribution in [-0.2, 0) is 21.9 Å². The summed E-state index contributed by atoms with van der Waals surface area (Å²) in [4.78, 5) is 8.36. The van der Waals surface area contributed by atoms with Crippen molar-refractivity contribution >= 4 is 6.47 Å². The summed E-state index contributed by atoms with van der Waals surface area (Å²) >= 11 is 0. The van der Waals surface area contributed by atoms with Crippen molar-refractivity contribution in [3.8, 4) is 0 Å². The monoisotopic (exact) mass is 137 g/mol. The van der Waals surface area contributed by atoms with E-state index in [4.69, 9.17) is 9.90 Å². The second-order valence-electron chi connectivity index (χ2n) is 0.105. The van der Waals surface area contributed by atoms with Crippen molar-refractivity contribution in [3.63, 3.8) is 0 Å². The van der Waals surface area contributed by atoms with Gasteiger partial charge in [0.05, 0.1) is 0 Å². The van der Waals surface area contributed by atoms with E-state index < -0.39 is 0 Å². The summed E-state index contributed by atoms with van der Waals surface area (Å²) in [5.41, 5.74) is 0. The molecule has 0 bridgehead atoms. The van der Waals surface area contributed by atoms with E-state index in [9.17, 15) is 0 Å². The van der Waals surface area contributed by atoms with Gasteiger partial charge in [-0.1, -0.05) is 0 Å². The van der Waals surface area contributed by atoms with Crippen LogP contribution in [-0.4, -0.2) is 22.5 Å². The fraction of sp³-hybridized carbons (Fsp3) is 0. The van der Waals surface area contributed by atoms with Gasteiger partial charge in [0.25, 0.3) is 6.47 Å². The number of carbonyl (C=O) groups is 1. The smallest absolute Gasteiger partial charge is 0.290 e. The number of hydrogen-bond acceptors (Lipinski definition) is 1. The maximum Gasteiger partial charge on any atom is 0.290 e. The first kappa shape index (κ1) is 39.1. The van der Waals surface area contributed by atoms with Crippen LogP contribution in [0, 0.1) is 0 Å². The predicted octanol–water partition coefficient (Wildman–Crippen LogP) is -1.95. The molecule has 0 atom stereocenters. The molecule has 0 saturated carbocycles. The van der Waals surface area contributed by atoms with Crippen LogP contribution in [0.1, 0.15) is 0 Å². The van der Waals surface area contributed by atoms with E-state index in [2.05, 4.69) is 0 Å². The Labute approximate surface area is 45.3 Å². The zero-order valence-corrected chi connectivity index (χ0v) is 3.99. The number of carboxylic acid groups (broad SMARTS) is 1. The molecule has 0 heterocycles. The van der Waals surface area contributed by atoms with E-state index in [1.165, 1.54) is 0 Å². The second kappa shape index (κ2) is 90.7. The minimum atomic E-state index is -0.250. The Hall–Kier alpha value is -0.0905. The fourth-order valence-corrected chi connectivity index (χ4v) is 0. The Morgan fingerprint density at radius 3 is 1.33 bits per heavy atom. The van der Waals surface area contributed by atoms with Gasteiger partial charge in [0.1, 0.15) is 0 Å². The normalized spacial score (nSPS) is 2.00. The SMILES string of the molecule is O.O.O=CO.[Mn]. The molecule has 0 aliphatic heterocycles.